The fraction of sp³-hybridized carbons (Fsp3) is 0.333. The van der Waals surface area contributed by atoms with Crippen molar-refractivity contribution < 1.29 is 9.21 Å². The van der Waals surface area contributed by atoms with Crippen molar-refractivity contribution in [3.8, 4) is 10.8 Å². The smallest absolute Gasteiger partial charge is 0.277 e. The lowest BCUT2D eigenvalue weighted by atomic mass is 9.90. The van der Waals surface area contributed by atoms with Gasteiger partial charge in [-0.3, -0.25) is 4.79 Å². The molecule has 0 radical (unpaired) electrons. The molecule has 0 fully saturated rings. The molecule has 1 N–H and O–H groups in total. The number of nitrogens with one attached hydrogen (secondary N) is 1. The van der Waals surface area contributed by atoms with Gasteiger partial charge in [0.05, 0.1) is 17.0 Å². The molecule has 0 unspecified atom stereocenters. The van der Waals surface area contributed by atoms with Gasteiger partial charge in [0.1, 0.15) is 5.01 Å². The number of thiophene rings is 1. The second kappa shape index (κ2) is 9.79. The molecule has 3 heterocycles. The van der Waals surface area contributed by atoms with Gasteiger partial charge in [0, 0.05) is 21.7 Å². The molecule has 1 atom stereocenters. The number of amides is 1. The van der Waals surface area contributed by atoms with Crippen molar-refractivity contribution in [1.29, 1.82) is 0 Å². The number of benzene rings is 1. The molecule has 0 bridgehead atoms. The predicted molar refractivity (Wildman–Crippen MR) is 134 cm³/mol. The van der Waals surface area contributed by atoms with Crippen molar-refractivity contribution in [3.05, 3.63) is 62.4 Å². The zero-order valence-corrected chi connectivity index (χ0v) is 20.9. The van der Waals surface area contributed by atoms with Gasteiger partial charge in [-0.2, -0.15) is 0 Å². The largest absolute Gasteiger partial charge is 0.410 e. The van der Waals surface area contributed by atoms with Crippen LogP contribution in [0.5, 0.6) is 0 Å². The highest BCUT2D eigenvalue weighted by Crippen LogP contribution is 2.37. The molecule has 6 nitrogen and oxygen atoms in total. The number of carbonyl (C=O) groups is 1. The quantitative estimate of drug-likeness (QED) is 0.309. The minimum atomic E-state index is -0.0676. The van der Waals surface area contributed by atoms with Crippen LogP contribution in [0.1, 0.15) is 40.1 Å². The lowest BCUT2D eigenvalue weighted by molar-refractivity contribution is -0.115. The van der Waals surface area contributed by atoms with E-state index in [1.54, 1.807) is 11.3 Å². The van der Waals surface area contributed by atoms with Crippen LogP contribution in [0.4, 0.5) is 5.69 Å². The van der Waals surface area contributed by atoms with Crippen molar-refractivity contribution in [2.75, 3.05) is 5.32 Å². The zero-order chi connectivity index (χ0) is 22.8. The minimum absolute atomic E-state index is 0.0676. The maximum Gasteiger partial charge on any atom is 0.277 e. The molecule has 1 amide bonds. The summed E-state index contributed by atoms with van der Waals surface area (Å²) < 4.78 is 5.90. The standard InChI is InChI=1S/C24H24N4O2S3/c1-14-3-6-17(7-4-14)25-21(29)11-22-26-18(12-31-22)13-32-24-28-27-23(30-24)20-10-16-9-15(2)5-8-19(16)33-20/h3-4,6-7,10,12,15H,5,8-9,11,13H2,1-2H3,(H,25,29)/t15-/m0/s1. The number of thiazole rings is 1. The third-order valence-corrected chi connectivity index (χ3v) is 8.51. The van der Waals surface area contributed by atoms with Crippen LogP contribution < -0.4 is 5.32 Å². The fourth-order valence-electron chi connectivity index (χ4n) is 3.79. The van der Waals surface area contributed by atoms with Crippen LogP contribution in [-0.4, -0.2) is 21.1 Å². The molecule has 170 valence electrons. The number of hydrogen-bond donors (Lipinski definition) is 1. The third kappa shape index (κ3) is 5.54. The van der Waals surface area contributed by atoms with E-state index in [1.165, 1.54) is 40.0 Å². The molecule has 3 aromatic heterocycles. The van der Waals surface area contributed by atoms with Crippen LogP contribution in [0.2, 0.25) is 0 Å². The molecule has 1 aromatic carbocycles. The molecule has 4 aromatic rings. The molecule has 0 aliphatic heterocycles. The number of thioether (sulfide) groups is 1. The number of fused-ring (bicyclic) bond motifs is 1. The summed E-state index contributed by atoms with van der Waals surface area (Å²) in [6, 6.07) is 9.98. The normalized spacial score (nSPS) is 15.4. The summed E-state index contributed by atoms with van der Waals surface area (Å²) in [6.07, 6.45) is 3.79. The van der Waals surface area contributed by atoms with Crippen LogP contribution in [-0.2, 0) is 29.8 Å². The summed E-state index contributed by atoms with van der Waals surface area (Å²) in [5, 5.41) is 14.7. The topological polar surface area (TPSA) is 80.9 Å². The van der Waals surface area contributed by atoms with Gasteiger partial charge in [-0.15, -0.1) is 32.9 Å². The fourth-order valence-corrected chi connectivity index (χ4v) is 6.47. The van der Waals surface area contributed by atoms with E-state index in [9.17, 15) is 4.79 Å². The van der Waals surface area contributed by atoms with E-state index in [1.807, 2.05) is 36.6 Å². The van der Waals surface area contributed by atoms with Crippen molar-refractivity contribution >= 4 is 46.0 Å². The minimum Gasteiger partial charge on any atom is -0.410 e. The van der Waals surface area contributed by atoms with Crippen LogP contribution in [0.25, 0.3) is 10.8 Å². The van der Waals surface area contributed by atoms with Gasteiger partial charge in [-0.1, -0.05) is 36.4 Å². The van der Waals surface area contributed by atoms with Gasteiger partial charge >= 0.3 is 0 Å². The molecule has 1 aliphatic carbocycles. The number of aromatic nitrogens is 3. The Kier molecular flexibility index (Phi) is 6.62. The Morgan fingerprint density at radius 1 is 1.27 bits per heavy atom. The van der Waals surface area contributed by atoms with Gasteiger partial charge in [0.25, 0.3) is 11.1 Å². The monoisotopic (exact) mass is 496 g/mol. The van der Waals surface area contributed by atoms with Crippen LogP contribution >= 0.6 is 34.4 Å². The number of nitrogens with zero attached hydrogens (tertiary/aromatic N) is 3. The molecular formula is C24H24N4O2S3. The summed E-state index contributed by atoms with van der Waals surface area (Å²) in [6.45, 7) is 4.33. The van der Waals surface area contributed by atoms with Gasteiger partial charge in [0.2, 0.25) is 5.91 Å². The highest BCUT2D eigenvalue weighted by atomic mass is 32.2. The van der Waals surface area contributed by atoms with Crippen LogP contribution in [0.3, 0.4) is 0 Å². The summed E-state index contributed by atoms with van der Waals surface area (Å²) in [7, 11) is 0. The SMILES string of the molecule is Cc1ccc(NC(=O)Cc2nc(CSc3nnc(-c4cc5c(s4)CC[C@H](C)C5)o3)cs2)cc1. The van der Waals surface area contributed by atoms with Crippen molar-refractivity contribution in [3.63, 3.8) is 0 Å². The summed E-state index contributed by atoms with van der Waals surface area (Å²) in [4.78, 5) is 19.4. The Morgan fingerprint density at radius 3 is 2.97 bits per heavy atom. The number of rotatable bonds is 7. The van der Waals surface area contributed by atoms with Gasteiger partial charge in [-0.25, -0.2) is 4.98 Å². The Labute approximate surface area is 204 Å². The van der Waals surface area contributed by atoms with E-state index < -0.39 is 0 Å². The number of carbonyl (C=O) groups excluding carboxylic acids is 1. The maximum atomic E-state index is 12.3. The number of anilines is 1. The molecule has 0 saturated carbocycles. The van der Waals surface area contributed by atoms with Gasteiger partial charge in [0.15, 0.2) is 0 Å². The van der Waals surface area contributed by atoms with E-state index in [4.69, 9.17) is 4.42 Å². The average Bonchev–Trinajstić information content (AvgIpc) is 3.53. The second-order valence-corrected chi connectivity index (χ2v) is 11.4. The Balaban J connectivity index is 1.15. The first kappa shape index (κ1) is 22.3. The van der Waals surface area contributed by atoms with E-state index in [-0.39, 0.29) is 12.3 Å². The summed E-state index contributed by atoms with van der Waals surface area (Å²) in [5.41, 5.74) is 4.30. The highest BCUT2D eigenvalue weighted by Gasteiger charge is 2.21. The van der Waals surface area contributed by atoms with Crippen LogP contribution in [0.15, 0.2) is 45.4 Å². The Morgan fingerprint density at radius 2 is 2.12 bits per heavy atom. The van der Waals surface area contributed by atoms with E-state index in [0.717, 1.165) is 45.6 Å². The lowest BCUT2D eigenvalue weighted by Gasteiger charge is -2.16. The van der Waals surface area contributed by atoms with E-state index in [0.29, 0.717) is 16.9 Å². The van der Waals surface area contributed by atoms with Crippen molar-refractivity contribution in [2.45, 2.75) is 50.5 Å². The highest BCUT2D eigenvalue weighted by molar-refractivity contribution is 7.98. The Hall–Kier alpha value is -2.49. The molecular weight excluding hydrogens is 472 g/mol. The maximum absolute atomic E-state index is 12.3. The first-order valence-electron chi connectivity index (χ1n) is 10.9. The zero-order valence-electron chi connectivity index (χ0n) is 18.5. The van der Waals surface area contributed by atoms with E-state index in [2.05, 4.69) is 33.5 Å². The molecule has 1 aliphatic rings. The third-order valence-electron chi connectivity index (χ3n) is 5.54. The van der Waals surface area contributed by atoms with Crippen LogP contribution in [0, 0.1) is 12.8 Å². The Bertz CT molecular complexity index is 1260. The van der Waals surface area contributed by atoms with Gasteiger partial charge in [-0.05, 0) is 55.9 Å². The molecule has 9 heteroatoms. The number of hydrogen-bond acceptors (Lipinski definition) is 8. The van der Waals surface area contributed by atoms with Crippen molar-refractivity contribution in [2.24, 2.45) is 5.92 Å². The molecule has 0 saturated heterocycles. The van der Waals surface area contributed by atoms with E-state index >= 15 is 0 Å². The summed E-state index contributed by atoms with van der Waals surface area (Å²) in [5.74, 6) is 1.89. The first-order chi connectivity index (χ1) is 16.0. The van der Waals surface area contributed by atoms with Gasteiger partial charge < -0.3 is 9.73 Å². The molecule has 0 spiro atoms. The van der Waals surface area contributed by atoms with Crippen molar-refractivity contribution in [1.82, 2.24) is 15.2 Å². The second-order valence-electron chi connectivity index (χ2n) is 8.39. The lowest BCUT2D eigenvalue weighted by Crippen LogP contribution is -2.14. The first-order valence-corrected chi connectivity index (χ1v) is 13.6. The predicted octanol–water partition coefficient (Wildman–Crippen LogP) is 6.16. The molecule has 33 heavy (non-hydrogen) atoms. The summed E-state index contributed by atoms with van der Waals surface area (Å²) >= 11 is 4.74. The molecule has 5 rings (SSSR count). The average molecular weight is 497 g/mol. The number of aryl methyl sites for hydroxylation is 2.